The van der Waals surface area contributed by atoms with Crippen LogP contribution in [0.2, 0.25) is 0 Å². The molecule has 1 aliphatic carbocycles. The van der Waals surface area contributed by atoms with Gasteiger partial charge in [-0.2, -0.15) is 0 Å². The Labute approximate surface area is 193 Å². The highest BCUT2D eigenvalue weighted by Crippen LogP contribution is 2.28. The number of hydrogen-bond donors (Lipinski definition) is 2. The van der Waals surface area contributed by atoms with Gasteiger partial charge in [0.25, 0.3) is 0 Å². The average molecular weight is 515 g/mol. The van der Waals surface area contributed by atoms with E-state index in [-0.39, 0.29) is 30.1 Å². The number of halogens is 1. The summed E-state index contributed by atoms with van der Waals surface area (Å²) in [7, 11) is 1.83. The lowest BCUT2D eigenvalue weighted by Gasteiger charge is -2.32. The third kappa shape index (κ3) is 8.28. The van der Waals surface area contributed by atoms with E-state index in [4.69, 9.17) is 4.74 Å². The van der Waals surface area contributed by atoms with Crippen molar-refractivity contribution >= 4 is 35.8 Å². The Morgan fingerprint density at radius 2 is 2.07 bits per heavy atom. The first-order valence-corrected chi connectivity index (χ1v) is 11.0. The Bertz CT molecular complexity index is 604. The first-order valence-electron chi connectivity index (χ1n) is 11.0. The van der Waals surface area contributed by atoms with Crippen molar-refractivity contribution in [1.29, 1.82) is 0 Å². The maximum atomic E-state index is 5.60. The molecule has 1 saturated heterocycles. The smallest absolute Gasteiger partial charge is 0.191 e. The number of guanidine groups is 1. The number of hydrogen-bond acceptors (Lipinski definition) is 4. The fourth-order valence-electron chi connectivity index (χ4n) is 4.21. The highest BCUT2D eigenvalue weighted by Gasteiger charge is 2.17. The predicted molar refractivity (Wildman–Crippen MR) is 131 cm³/mol. The van der Waals surface area contributed by atoms with Crippen LogP contribution >= 0.6 is 24.0 Å². The van der Waals surface area contributed by atoms with Crippen molar-refractivity contribution in [1.82, 2.24) is 15.6 Å². The molecule has 1 aromatic rings. The van der Waals surface area contributed by atoms with Crippen LogP contribution in [0.1, 0.15) is 57.4 Å². The van der Waals surface area contributed by atoms with Gasteiger partial charge >= 0.3 is 0 Å². The lowest BCUT2D eigenvalue weighted by molar-refractivity contribution is 0.0529. The molecule has 0 aromatic carbocycles. The first-order chi connectivity index (χ1) is 13.7. The summed E-state index contributed by atoms with van der Waals surface area (Å²) in [6.45, 7) is 6.41. The summed E-state index contributed by atoms with van der Waals surface area (Å²) >= 11 is 0. The number of aromatic nitrogens is 1. The van der Waals surface area contributed by atoms with Crippen LogP contribution in [0.3, 0.4) is 0 Å². The molecule has 29 heavy (non-hydrogen) atoms. The summed E-state index contributed by atoms with van der Waals surface area (Å²) in [5.74, 6) is 2.89. The molecule has 6 nitrogen and oxygen atoms in total. The second-order valence-corrected chi connectivity index (χ2v) is 8.15. The minimum absolute atomic E-state index is 0. The van der Waals surface area contributed by atoms with Crippen LogP contribution in [-0.4, -0.2) is 50.3 Å². The third-order valence-corrected chi connectivity index (χ3v) is 5.86. The normalized spacial score (nSPS) is 20.4. The van der Waals surface area contributed by atoms with Gasteiger partial charge in [-0.15, -0.1) is 24.0 Å². The second-order valence-electron chi connectivity index (χ2n) is 8.15. The molecule has 7 heteroatoms. The number of anilines is 1. The number of pyridine rings is 1. The van der Waals surface area contributed by atoms with E-state index >= 15 is 0 Å². The van der Waals surface area contributed by atoms with Gasteiger partial charge in [0.1, 0.15) is 5.82 Å². The van der Waals surface area contributed by atoms with Crippen LogP contribution < -0.4 is 15.5 Å². The van der Waals surface area contributed by atoms with Crippen molar-refractivity contribution in [2.75, 3.05) is 38.2 Å². The molecule has 3 rings (SSSR count). The van der Waals surface area contributed by atoms with E-state index in [2.05, 4.69) is 44.6 Å². The minimum atomic E-state index is 0. The molecular weight excluding hydrogens is 477 g/mol. The van der Waals surface area contributed by atoms with E-state index in [0.29, 0.717) is 0 Å². The van der Waals surface area contributed by atoms with Gasteiger partial charge in [-0.3, -0.25) is 4.99 Å². The molecular formula is C22H38IN5O. The number of aliphatic imine (C=N–C) groups is 1. The molecule has 0 spiro atoms. The van der Waals surface area contributed by atoms with Crippen molar-refractivity contribution < 1.29 is 4.74 Å². The molecule has 0 amide bonds. The number of morpholine rings is 1. The van der Waals surface area contributed by atoms with Crippen molar-refractivity contribution in [2.45, 2.75) is 64.5 Å². The van der Waals surface area contributed by atoms with E-state index in [1.807, 2.05) is 13.2 Å². The first kappa shape index (κ1) is 24.2. The summed E-state index contributed by atoms with van der Waals surface area (Å²) in [6, 6.07) is 4.25. The molecule has 1 aromatic heterocycles. The Hall–Kier alpha value is -1.09. The van der Waals surface area contributed by atoms with Crippen LogP contribution in [0.15, 0.2) is 23.3 Å². The molecule has 1 saturated carbocycles. The van der Waals surface area contributed by atoms with Crippen LogP contribution in [-0.2, 0) is 11.3 Å². The van der Waals surface area contributed by atoms with Gasteiger partial charge < -0.3 is 20.3 Å². The zero-order chi connectivity index (χ0) is 19.6. The van der Waals surface area contributed by atoms with Gasteiger partial charge in [0.05, 0.1) is 12.7 Å². The number of nitrogens with one attached hydrogen (secondary N) is 2. The minimum Gasteiger partial charge on any atom is -0.375 e. The summed E-state index contributed by atoms with van der Waals surface area (Å²) in [5, 5.41) is 6.82. The van der Waals surface area contributed by atoms with Gasteiger partial charge in [-0.25, -0.2) is 4.98 Å². The maximum Gasteiger partial charge on any atom is 0.191 e. The fraction of sp³-hybridized carbons (Fsp3) is 0.727. The Balaban J connectivity index is 0.00000300. The second kappa shape index (κ2) is 13.3. The lowest BCUT2D eigenvalue weighted by atomic mass is 10.0. The number of rotatable bonds is 8. The van der Waals surface area contributed by atoms with E-state index in [1.54, 1.807) is 0 Å². The number of ether oxygens (including phenoxy) is 1. The SMILES string of the molecule is CN=C(NCCCCC1CCCC1)NCc1ccc(N2CCOC(C)C2)nc1.I. The van der Waals surface area contributed by atoms with Crippen LogP contribution in [0.25, 0.3) is 0 Å². The molecule has 2 fully saturated rings. The van der Waals surface area contributed by atoms with Crippen molar-refractivity contribution in [3.8, 4) is 0 Å². The molecule has 164 valence electrons. The molecule has 0 radical (unpaired) electrons. The van der Waals surface area contributed by atoms with Gasteiger partial charge in [-0.1, -0.05) is 44.6 Å². The number of unbranched alkanes of at least 4 members (excludes halogenated alkanes) is 1. The largest absolute Gasteiger partial charge is 0.375 e. The molecule has 2 aliphatic rings. The van der Waals surface area contributed by atoms with Gasteiger partial charge in [0.15, 0.2) is 5.96 Å². The Kier molecular flexibility index (Phi) is 11.1. The van der Waals surface area contributed by atoms with Crippen molar-refractivity contribution in [3.05, 3.63) is 23.9 Å². The molecule has 2 N–H and O–H groups in total. The highest BCUT2D eigenvalue weighted by molar-refractivity contribution is 14.0. The van der Waals surface area contributed by atoms with E-state index in [9.17, 15) is 0 Å². The van der Waals surface area contributed by atoms with E-state index in [0.717, 1.165) is 56.0 Å². The fourth-order valence-corrected chi connectivity index (χ4v) is 4.21. The molecule has 1 aliphatic heterocycles. The maximum absolute atomic E-state index is 5.60. The highest BCUT2D eigenvalue weighted by atomic mass is 127. The Morgan fingerprint density at radius 1 is 1.24 bits per heavy atom. The topological polar surface area (TPSA) is 61.8 Å². The Morgan fingerprint density at radius 3 is 2.76 bits per heavy atom. The summed E-state index contributed by atoms with van der Waals surface area (Å²) < 4.78 is 5.60. The zero-order valence-electron chi connectivity index (χ0n) is 18.0. The zero-order valence-corrected chi connectivity index (χ0v) is 20.4. The van der Waals surface area contributed by atoms with Gasteiger partial charge in [0.2, 0.25) is 0 Å². The summed E-state index contributed by atoms with van der Waals surface area (Å²) in [6.07, 6.45) is 11.9. The molecule has 1 atom stereocenters. The van der Waals surface area contributed by atoms with Gasteiger partial charge in [-0.05, 0) is 30.9 Å². The molecule has 0 bridgehead atoms. The third-order valence-electron chi connectivity index (χ3n) is 5.86. The molecule has 1 unspecified atom stereocenters. The van der Waals surface area contributed by atoms with Crippen LogP contribution in [0.5, 0.6) is 0 Å². The summed E-state index contributed by atoms with van der Waals surface area (Å²) in [5.41, 5.74) is 1.16. The van der Waals surface area contributed by atoms with Crippen molar-refractivity contribution in [2.24, 2.45) is 10.9 Å². The monoisotopic (exact) mass is 515 g/mol. The van der Waals surface area contributed by atoms with Gasteiger partial charge in [0, 0.05) is 39.4 Å². The van der Waals surface area contributed by atoms with Crippen LogP contribution in [0, 0.1) is 5.92 Å². The van der Waals surface area contributed by atoms with Crippen molar-refractivity contribution in [3.63, 3.8) is 0 Å². The van der Waals surface area contributed by atoms with Crippen LogP contribution in [0.4, 0.5) is 5.82 Å². The average Bonchev–Trinajstić information content (AvgIpc) is 3.24. The summed E-state index contributed by atoms with van der Waals surface area (Å²) in [4.78, 5) is 11.3. The van der Waals surface area contributed by atoms with E-state index < -0.39 is 0 Å². The lowest BCUT2D eigenvalue weighted by Crippen LogP contribution is -2.41. The standard InChI is InChI=1S/C22H37N5O.HI/c1-18-17-27(13-14-28-18)21-11-10-20(15-25-21)16-26-22(23-2)24-12-6-5-9-19-7-3-4-8-19;/h10-11,15,18-19H,3-9,12-14,16-17H2,1-2H3,(H2,23,24,26);1H. The molecule has 2 heterocycles. The number of nitrogens with zero attached hydrogens (tertiary/aromatic N) is 3. The predicted octanol–water partition coefficient (Wildman–Crippen LogP) is 3.95. The van der Waals surface area contributed by atoms with E-state index in [1.165, 1.54) is 44.9 Å². The quantitative estimate of drug-likeness (QED) is 0.238.